The number of hydrogen-bond donors (Lipinski definition) is 1. The molecule has 0 radical (unpaired) electrons. The van der Waals surface area contributed by atoms with E-state index in [9.17, 15) is 0 Å². The van der Waals surface area contributed by atoms with Crippen LogP contribution in [0.5, 0.6) is 0 Å². The van der Waals surface area contributed by atoms with Crippen molar-refractivity contribution in [3.05, 3.63) is 58.1 Å². The van der Waals surface area contributed by atoms with E-state index in [0.29, 0.717) is 16.5 Å². The lowest BCUT2D eigenvalue weighted by atomic mass is 10.1. The summed E-state index contributed by atoms with van der Waals surface area (Å²) in [4.78, 5) is 5.43. The van der Waals surface area contributed by atoms with Gasteiger partial charge in [-0.3, -0.25) is 4.99 Å². The summed E-state index contributed by atoms with van der Waals surface area (Å²) in [5, 5.41) is 4.26. The normalized spacial score (nSPS) is 14.1. The van der Waals surface area contributed by atoms with E-state index in [4.69, 9.17) is 40.4 Å². The number of anilines is 1. The zero-order valence-electron chi connectivity index (χ0n) is 10.4. The van der Waals surface area contributed by atoms with Crippen molar-refractivity contribution in [2.45, 2.75) is 6.42 Å². The van der Waals surface area contributed by atoms with Crippen LogP contribution in [0.15, 0.2) is 47.5 Å². The molecule has 5 heteroatoms. The molecule has 2 aromatic rings. The first-order chi connectivity index (χ1) is 9.63. The Bertz CT molecular complexity index is 726. The van der Waals surface area contributed by atoms with Crippen LogP contribution in [0.3, 0.4) is 0 Å². The summed E-state index contributed by atoms with van der Waals surface area (Å²) in [5.41, 5.74) is 3.60. The molecule has 0 spiro atoms. The maximum absolute atomic E-state index is 6.08. The smallest absolute Gasteiger partial charge is 0.0868 e. The first-order valence-electron chi connectivity index (χ1n) is 6.05. The van der Waals surface area contributed by atoms with E-state index in [1.807, 2.05) is 36.4 Å². The molecule has 2 nitrogen and oxygen atoms in total. The number of nitrogens with one attached hydrogen (secondary N) is 1. The van der Waals surface area contributed by atoms with E-state index >= 15 is 0 Å². The van der Waals surface area contributed by atoms with Crippen LogP contribution < -0.4 is 5.32 Å². The van der Waals surface area contributed by atoms with Gasteiger partial charge in [0.25, 0.3) is 0 Å². The van der Waals surface area contributed by atoms with Gasteiger partial charge >= 0.3 is 0 Å². The summed E-state index contributed by atoms with van der Waals surface area (Å²) >= 11 is 17.4. The number of para-hydroxylation sites is 2. The Morgan fingerprint density at radius 1 is 1.05 bits per heavy atom. The van der Waals surface area contributed by atoms with Crippen molar-refractivity contribution < 1.29 is 0 Å². The van der Waals surface area contributed by atoms with Gasteiger partial charge < -0.3 is 5.32 Å². The highest BCUT2D eigenvalue weighted by Gasteiger charge is 2.15. The molecule has 0 saturated heterocycles. The molecular formula is C15H10Cl2N2S. The molecule has 0 aromatic heterocycles. The molecule has 100 valence electrons. The molecule has 1 aliphatic heterocycles. The third-order valence-corrected chi connectivity index (χ3v) is 4.00. The summed E-state index contributed by atoms with van der Waals surface area (Å²) in [5.74, 6) is 0. The van der Waals surface area contributed by atoms with Gasteiger partial charge in [0.05, 0.1) is 32.1 Å². The van der Waals surface area contributed by atoms with Gasteiger partial charge in [-0.1, -0.05) is 53.6 Å². The van der Waals surface area contributed by atoms with Crippen LogP contribution >= 0.6 is 35.4 Å². The lowest BCUT2D eigenvalue weighted by Gasteiger charge is -2.06. The molecule has 0 amide bonds. The highest BCUT2D eigenvalue weighted by Crippen LogP contribution is 2.30. The Kier molecular flexibility index (Phi) is 3.74. The molecule has 1 aliphatic rings. The van der Waals surface area contributed by atoms with E-state index in [2.05, 4.69) is 5.32 Å². The van der Waals surface area contributed by atoms with Crippen LogP contribution in [-0.4, -0.2) is 10.7 Å². The van der Waals surface area contributed by atoms with Gasteiger partial charge in [-0.2, -0.15) is 0 Å². The summed E-state index contributed by atoms with van der Waals surface area (Å²) in [6.07, 6.45) is 0.571. The van der Waals surface area contributed by atoms with Gasteiger partial charge in [-0.05, 0) is 29.8 Å². The average molecular weight is 321 g/mol. The number of nitrogens with zero attached hydrogens (tertiary/aromatic N) is 1. The van der Waals surface area contributed by atoms with Crippen LogP contribution in [0.4, 0.5) is 11.4 Å². The maximum Gasteiger partial charge on any atom is 0.0868 e. The van der Waals surface area contributed by atoms with Gasteiger partial charge in [0, 0.05) is 6.42 Å². The quantitative estimate of drug-likeness (QED) is 0.725. The standard InChI is InChI=1S/C15H10Cl2N2S/c16-10-6-5-9(7-11(10)17)14-8-15(20)19-13-4-2-1-3-12(13)18-14/h1-7H,8H2,(H,19,20). The minimum Gasteiger partial charge on any atom is -0.348 e. The molecule has 0 atom stereocenters. The minimum absolute atomic E-state index is 0.517. The Morgan fingerprint density at radius 2 is 1.85 bits per heavy atom. The second kappa shape index (κ2) is 5.52. The van der Waals surface area contributed by atoms with Crippen molar-refractivity contribution in [3.8, 4) is 0 Å². The van der Waals surface area contributed by atoms with Crippen LogP contribution in [-0.2, 0) is 0 Å². The molecular weight excluding hydrogens is 311 g/mol. The van der Waals surface area contributed by atoms with E-state index in [0.717, 1.165) is 27.6 Å². The summed E-state index contributed by atoms with van der Waals surface area (Å²) in [6.45, 7) is 0. The van der Waals surface area contributed by atoms with E-state index < -0.39 is 0 Å². The van der Waals surface area contributed by atoms with Crippen molar-refractivity contribution in [3.63, 3.8) is 0 Å². The third kappa shape index (κ3) is 2.70. The Labute approximate surface area is 132 Å². The Morgan fingerprint density at radius 3 is 2.65 bits per heavy atom. The number of thiocarbonyl (C=S) groups is 1. The topological polar surface area (TPSA) is 24.4 Å². The third-order valence-electron chi connectivity index (χ3n) is 3.01. The molecule has 1 heterocycles. The number of fused-ring (bicyclic) bond motifs is 1. The molecule has 2 aromatic carbocycles. The fourth-order valence-corrected chi connectivity index (χ4v) is 2.60. The number of rotatable bonds is 1. The van der Waals surface area contributed by atoms with Crippen LogP contribution in [0.2, 0.25) is 10.0 Å². The molecule has 3 rings (SSSR count). The average Bonchev–Trinajstić information content (AvgIpc) is 2.59. The number of halogens is 2. The van der Waals surface area contributed by atoms with Crippen LogP contribution in [0.1, 0.15) is 12.0 Å². The largest absolute Gasteiger partial charge is 0.348 e. The lowest BCUT2D eigenvalue weighted by molar-refractivity contribution is 1.46. The molecule has 0 unspecified atom stereocenters. The SMILES string of the molecule is S=C1CC(c2ccc(Cl)c(Cl)c2)=Nc2ccccc2N1. The lowest BCUT2D eigenvalue weighted by Crippen LogP contribution is -2.12. The van der Waals surface area contributed by atoms with Crippen molar-refractivity contribution >= 4 is 57.5 Å². The summed E-state index contributed by atoms with van der Waals surface area (Å²) in [6, 6.07) is 13.3. The van der Waals surface area contributed by atoms with Gasteiger partial charge in [0.2, 0.25) is 0 Å². The number of aliphatic imine (C=N–C) groups is 1. The fraction of sp³-hybridized carbons (Fsp3) is 0.0667. The summed E-state index contributed by atoms with van der Waals surface area (Å²) in [7, 11) is 0. The predicted molar refractivity (Wildman–Crippen MR) is 89.9 cm³/mol. The van der Waals surface area contributed by atoms with Crippen molar-refractivity contribution in [1.29, 1.82) is 0 Å². The first-order valence-corrected chi connectivity index (χ1v) is 7.22. The van der Waals surface area contributed by atoms with Gasteiger partial charge in [0.1, 0.15) is 0 Å². The van der Waals surface area contributed by atoms with Crippen molar-refractivity contribution in [2.75, 3.05) is 5.32 Å². The van der Waals surface area contributed by atoms with Crippen molar-refractivity contribution in [2.24, 2.45) is 4.99 Å². The number of hydrogen-bond acceptors (Lipinski definition) is 2. The molecule has 1 N–H and O–H groups in total. The van der Waals surface area contributed by atoms with Crippen molar-refractivity contribution in [1.82, 2.24) is 0 Å². The molecule has 20 heavy (non-hydrogen) atoms. The maximum atomic E-state index is 6.08. The second-order valence-corrected chi connectivity index (χ2v) is 5.74. The van der Waals surface area contributed by atoms with Gasteiger partial charge in [0.15, 0.2) is 0 Å². The monoisotopic (exact) mass is 320 g/mol. The molecule has 0 fully saturated rings. The molecule has 0 bridgehead atoms. The number of benzene rings is 2. The van der Waals surface area contributed by atoms with E-state index in [1.54, 1.807) is 6.07 Å². The molecule has 0 saturated carbocycles. The molecule has 0 aliphatic carbocycles. The Hall–Kier alpha value is -1.42. The Balaban J connectivity index is 2.10. The predicted octanol–water partition coefficient (Wildman–Crippen LogP) is 5.26. The van der Waals surface area contributed by atoms with Gasteiger partial charge in [-0.25, -0.2) is 0 Å². The highest BCUT2D eigenvalue weighted by molar-refractivity contribution is 7.80. The second-order valence-electron chi connectivity index (χ2n) is 4.43. The summed E-state index contributed by atoms with van der Waals surface area (Å²) < 4.78 is 0. The zero-order chi connectivity index (χ0) is 14.1. The zero-order valence-corrected chi connectivity index (χ0v) is 12.7. The fourth-order valence-electron chi connectivity index (χ4n) is 2.05. The first kappa shape index (κ1) is 13.6. The van der Waals surface area contributed by atoms with Crippen LogP contribution in [0, 0.1) is 0 Å². The van der Waals surface area contributed by atoms with Gasteiger partial charge in [-0.15, -0.1) is 0 Å². The highest BCUT2D eigenvalue weighted by atomic mass is 35.5. The van der Waals surface area contributed by atoms with Crippen LogP contribution in [0.25, 0.3) is 0 Å². The van der Waals surface area contributed by atoms with E-state index in [1.165, 1.54) is 0 Å². The minimum atomic E-state index is 0.517. The van der Waals surface area contributed by atoms with E-state index in [-0.39, 0.29) is 0 Å².